The van der Waals surface area contributed by atoms with E-state index in [0.29, 0.717) is 18.2 Å². The van der Waals surface area contributed by atoms with Gasteiger partial charge in [-0.25, -0.2) is 0 Å². The summed E-state index contributed by atoms with van der Waals surface area (Å²) in [7, 11) is 1.46. The SMILES string of the molecule is COC(CN)C(=O)Nc1cccc(OCC(C)C)c1.Cl. The molecule has 0 radical (unpaired) electrons. The minimum Gasteiger partial charge on any atom is -0.493 e. The van der Waals surface area contributed by atoms with Gasteiger partial charge in [0.05, 0.1) is 6.61 Å². The Hall–Kier alpha value is -1.30. The van der Waals surface area contributed by atoms with Crippen molar-refractivity contribution in [2.75, 3.05) is 25.6 Å². The molecule has 20 heavy (non-hydrogen) atoms. The van der Waals surface area contributed by atoms with E-state index >= 15 is 0 Å². The molecule has 0 spiro atoms. The highest BCUT2D eigenvalue weighted by Crippen LogP contribution is 2.18. The van der Waals surface area contributed by atoms with Gasteiger partial charge in [0.25, 0.3) is 5.91 Å². The largest absolute Gasteiger partial charge is 0.493 e. The average molecular weight is 303 g/mol. The maximum atomic E-state index is 11.8. The van der Waals surface area contributed by atoms with E-state index in [0.717, 1.165) is 5.75 Å². The molecule has 0 saturated carbocycles. The summed E-state index contributed by atoms with van der Waals surface area (Å²) in [5.74, 6) is 0.924. The van der Waals surface area contributed by atoms with Gasteiger partial charge in [-0.15, -0.1) is 12.4 Å². The fourth-order valence-corrected chi connectivity index (χ4v) is 1.46. The van der Waals surface area contributed by atoms with Gasteiger partial charge in [0.1, 0.15) is 11.9 Å². The number of methoxy groups -OCH3 is 1. The van der Waals surface area contributed by atoms with Crippen LogP contribution in [-0.4, -0.2) is 32.3 Å². The highest BCUT2D eigenvalue weighted by molar-refractivity contribution is 5.94. The molecule has 1 rings (SSSR count). The number of carbonyl (C=O) groups is 1. The first-order valence-electron chi connectivity index (χ1n) is 6.33. The first-order valence-corrected chi connectivity index (χ1v) is 6.33. The van der Waals surface area contributed by atoms with Gasteiger partial charge >= 0.3 is 0 Å². The Morgan fingerprint density at radius 3 is 2.65 bits per heavy atom. The number of anilines is 1. The zero-order valence-corrected chi connectivity index (χ0v) is 12.9. The highest BCUT2D eigenvalue weighted by Gasteiger charge is 2.15. The predicted molar refractivity (Wildman–Crippen MR) is 82.5 cm³/mol. The lowest BCUT2D eigenvalue weighted by Crippen LogP contribution is -2.35. The highest BCUT2D eigenvalue weighted by atomic mass is 35.5. The van der Waals surface area contributed by atoms with E-state index in [2.05, 4.69) is 19.2 Å². The van der Waals surface area contributed by atoms with Crippen molar-refractivity contribution in [1.29, 1.82) is 0 Å². The van der Waals surface area contributed by atoms with E-state index in [-0.39, 0.29) is 24.9 Å². The second-order valence-corrected chi connectivity index (χ2v) is 4.68. The summed E-state index contributed by atoms with van der Waals surface area (Å²) < 4.78 is 10.6. The van der Waals surface area contributed by atoms with Crippen LogP contribution in [0.1, 0.15) is 13.8 Å². The van der Waals surface area contributed by atoms with Crippen LogP contribution in [0.5, 0.6) is 5.75 Å². The Bertz CT molecular complexity index is 409. The first-order chi connectivity index (χ1) is 9.06. The molecule has 1 unspecified atom stereocenters. The molecule has 0 heterocycles. The molecule has 0 aliphatic heterocycles. The smallest absolute Gasteiger partial charge is 0.254 e. The van der Waals surface area contributed by atoms with Crippen LogP contribution in [0.4, 0.5) is 5.69 Å². The van der Waals surface area contributed by atoms with Crippen LogP contribution in [0.15, 0.2) is 24.3 Å². The van der Waals surface area contributed by atoms with Crippen molar-refractivity contribution in [2.45, 2.75) is 20.0 Å². The average Bonchev–Trinajstić information content (AvgIpc) is 2.38. The van der Waals surface area contributed by atoms with E-state index in [1.807, 2.05) is 12.1 Å². The fourth-order valence-electron chi connectivity index (χ4n) is 1.46. The molecule has 6 heteroatoms. The fraction of sp³-hybridized carbons (Fsp3) is 0.500. The number of halogens is 1. The van der Waals surface area contributed by atoms with Crippen LogP contribution in [0.2, 0.25) is 0 Å². The third-order valence-electron chi connectivity index (χ3n) is 2.48. The third-order valence-corrected chi connectivity index (χ3v) is 2.48. The molecule has 1 atom stereocenters. The Morgan fingerprint density at radius 2 is 2.10 bits per heavy atom. The molecular formula is C14H23ClN2O3. The summed E-state index contributed by atoms with van der Waals surface area (Å²) in [4.78, 5) is 11.8. The molecule has 5 nitrogen and oxygen atoms in total. The van der Waals surface area contributed by atoms with Gasteiger partial charge in [-0.2, -0.15) is 0 Å². The number of ether oxygens (including phenoxy) is 2. The summed E-state index contributed by atoms with van der Waals surface area (Å²) in [6.07, 6.45) is -0.639. The molecule has 114 valence electrons. The zero-order chi connectivity index (χ0) is 14.3. The zero-order valence-electron chi connectivity index (χ0n) is 12.1. The van der Waals surface area contributed by atoms with Gasteiger partial charge < -0.3 is 20.5 Å². The van der Waals surface area contributed by atoms with Crippen LogP contribution < -0.4 is 15.8 Å². The minimum absolute atomic E-state index is 0. The van der Waals surface area contributed by atoms with E-state index < -0.39 is 6.10 Å². The van der Waals surface area contributed by atoms with Gasteiger partial charge in [0, 0.05) is 25.4 Å². The van der Waals surface area contributed by atoms with Gasteiger partial charge in [-0.05, 0) is 18.1 Å². The maximum Gasteiger partial charge on any atom is 0.254 e. The Kier molecular flexibility index (Phi) is 8.96. The van der Waals surface area contributed by atoms with Crippen LogP contribution in [0.3, 0.4) is 0 Å². The lowest BCUT2D eigenvalue weighted by atomic mass is 10.2. The van der Waals surface area contributed by atoms with Crippen molar-refractivity contribution in [3.63, 3.8) is 0 Å². The number of amides is 1. The number of benzene rings is 1. The Balaban J connectivity index is 0.00000361. The molecule has 0 fully saturated rings. The van der Waals surface area contributed by atoms with Gasteiger partial charge in [0.2, 0.25) is 0 Å². The van der Waals surface area contributed by atoms with Crippen molar-refractivity contribution in [1.82, 2.24) is 0 Å². The van der Waals surface area contributed by atoms with Crippen molar-refractivity contribution < 1.29 is 14.3 Å². The normalized spacial score (nSPS) is 11.7. The van der Waals surface area contributed by atoms with Crippen molar-refractivity contribution in [3.8, 4) is 5.75 Å². The predicted octanol–water partition coefficient (Wildman–Crippen LogP) is 2.06. The molecule has 0 aromatic heterocycles. The van der Waals surface area contributed by atoms with Crippen LogP contribution in [0.25, 0.3) is 0 Å². The Labute approximate surface area is 126 Å². The van der Waals surface area contributed by atoms with Gasteiger partial charge in [-0.1, -0.05) is 19.9 Å². The standard InChI is InChI=1S/C14H22N2O3.ClH/c1-10(2)9-19-12-6-4-5-11(7-12)16-14(17)13(8-15)18-3;/h4-7,10,13H,8-9,15H2,1-3H3,(H,16,17);1H. The molecule has 3 N–H and O–H groups in total. The van der Waals surface area contributed by atoms with E-state index in [4.69, 9.17) is 15.2 Å². The number of nitrogens with two attached hydrogens (primary N) is 1. The van der Waals surface area contributed by atoms with Crippen LogP contribution in [0, 0.1) is 5.92 Å². The van der Waals surface area contributed by atoms with E-state index in [9.17, 15) is 4.79 Å². The number of hydrogen-bond acceptors (Lipinski definition) is 4. The van der Waals surface area contributed by atoms with Gasteiger partial charge in [-0.3, -0.25) is 4.79 Å². The summed E-state index contributed by atoms with van der Waals surface area (Å²) in [6, 6.07) is 7.26. The van der Waals surface area contributed by atoms with Crippen molar-refractivity contribution >= 4 is 24.0 Å². The molecule has 0 aliphatic rings. The molecule has 0 bridgehead atoms. The number of nitrogens with one attached hydrogen (secondary N) is 1. The molecular weight excluding hydrogens is 280 g/mol. The molecule has 1 amide bonds. The van der Waals surface area contributed by atoms with Crippen molar-refractivity contribution in [3.05, 3.63) is 24.3 Å². The molecule has 0 saturated heterocycles. The number of rotatable bonds is 7. The second kappa shape index (κ2) is 9.58. The molecule has 1 aromatic carbocycles. The lowest BCUT2D eigenvalue weighted by molar-refractivity contribution is -0.125. The van der Waals surface area contributed by atoms with Gasteiger partial charge in [0.15, 0.2) is 0 Å². The maximum absolute atomic E-state index is 11.8. The third kappa shape index (κ3) is 6.23. The number of carbonyl (C=O) groups excluding carboxylic acids is 1. The Morgan fingerprint density at radius 1 is 1.40 bits per heavy atom. The quantitative estimate of drug-likeness (QED) is 0.808. The van der Waals surface area contributed by atoms with E-state index in [1.165, 1.54) is 7.11 Å². The summed E-state index contributed by atoms with van der Waals surface area (Å²) in [5, 5.41) is 2.75. The molecule has 0 aliphatic carbocycles. The topological polar surface area (TPSA) is 73.6 Å². The molecule has 1 aromatic rings. The lowest BCUT2D eigenvalue weighted by Gasteiger charge is -2.14. The van der Waals surface area contributed by atoms with Crippen LogP contribution in [-0.2, 0) is 9.53 Å². The monoisotopic (exact) mass is 302 g/mol. The van der Waals surface area contributed by atoms with Crippen LogP contribution >= 0.6 is 12.4 Å². The van der Waals surface area contributed by atoms with E-state index in [1.54, 1.807) is 12.1 Å². The first kappa shape index (κ1) is 18.7. The number of hydrogen-bond donors (Lipinski definition) is 2. The second-order valence-electron chi connectivity index (χ2n) is 4.68. The summed E-state index contributed by atoms with van der Waals surface area (Å²) >= 11 is 0. The summed E-state index contributed by atoms with van der Waals surface area (Å²) in [6.45, 7) is 4.94. The summed E-state index contributed by atoms with van der Waals surface area (Å²) in [5.41, 5.74) is 6.11. The minimum atomic E-state index is -0.639. The van der Waals surface area contributed by atoms with Crippen molar-refractivity contribution in [2.24, 2.45) is 11.7 Å².